The average molecular weight is 852 g/mol. The molecule has 0 aromatic carbocycles. The number of thiazole rings is 1. The van der Waals surface area contributed by atoms with Crippen molar-refractivity contribution in [1.82, 2.24) is 14.9 Å². The molecule has 2 aromatic rings. The number of pyridine rings is 1. The lowest BCUT2D eigenvalue weighted by Crippen LogP contribution is -2.62. The highest BCUT2D eigenvalue weighted by Crippen LogP contribution is 2.41. The van der Waals surface area contributed by atoms with Crippen LogP contribution in [0.15, 0.2) is 29.6 Å². The van der Waals surface area contributed by atoms with E-state index in [-0.39, 0.29) is 44.5 Å². The average Bonchev–Trinajstić information content (AvgIpc) is 3.65. The lowest BCUT2D eigenvalue weighted by Gasteiger charge is -2.48. The summed E-state index contributed by atoms with van der Waals surface area (Å²) in [4.78, 5) is 45.2. The van der Waals surface area contributed by atoms with Crippen molar-refractivity contribution >= 4 is 34.6 Å². The van der Waals surface area contributed by atoms with Crippen molar-refractivity contribution in [3.8, 4) is 10.7 Å². The second-order valence-corrected chi connectivity index (χ2v) is 18.3. The Labute approximate surface area is 349 Å². The number of ketones is 1. The van der Waals surface area contributed by atoms with Crippen molar-refractivity contribution in [2.24, 2.45) is 22.9 Å². The summed E-state index contributed by atoms with van der Waals surface area (Å²) in [6.45, 7) is 11.7. The van der Waals surface area contributed by atoms with E-state index in [0.717, 1.165) is 11.8 Å². The van der Waals surface area contributed by atoms with Crippen molar-refractivity contribution < 1.29 is 57.8 Å². The smallest absolute Gasteiger partial charge is 0.351 e. The minimum absolute atomic E-state index is 0.0103. The van der Waals surface area contributed by atoms with Gasteiger partial charge >= 0.3 is 5.97 Å². The first-order valence-corrected chi connectivity index (χ1v) is 21.0. The number of esters is 1. The number of nitrogens with two attached hydrogens (primary N) is 1. The summed E-state index contributed by atoms with van der Waals surface area (Å²) in [5.41, 5.74) is -0.0618. The van der Waals surface area contributed by atoms with Gasteiger partial charge in [-0.2, -0.15) is 0 Å². The number of ether oxygens (including phenoxy) is 5. The lowest BCUT2D eigenvalue weighted by molar-refractivity contribution is -0.297. The molecule has 330 valence electrons. The standard InChI is InChI=1S/C41H62FN5O11S/c1-11-29-41(8,52)35-23(4)31(48)21(2)16-39(6,54-19-25(18-53-35)46-55-20-26-17-44-36(59-26)27-13-12-14-30(43)45-27)34(24(5)33(50)40(7,42)38(51)57-29)58-37-32(49)28(47(9)10)15-22(3)56-37/h12-14,17,21-24,28-29,31-32,34-35,37,48-49,52H,11,15-16,18-20H2,1-10H3,(H2,43,45)/b46-25+/t21-,22-,23+,24+,28+,29-,31+,32-,34-,35?,37-,39-,40+,41-/m1/s1. The second-order valence-electron chi connectivity index (χ2n) is 17.2. The summed E-state index contributed by atoms with van der Waals surface area (Å²) in [6, 6.07) is 4.87. The number of aliphatic hydroxyl groups is 3. The third-order valence-corrected chi connectivity index (χ3v) is 13.0. The number of nitrogens with zero attached hydrogens (tertiary/aromatic N) is 4. The molecule has 1 unspecified atom stereocenters. The molecule has 0 amide bonds. The number of Topliss-reactive ketones (excluding diaryl/α,β-unsaturated/α-hetero) is 1. The molecule has 5 rings (SSSR count). The Balaban J connectivity index is 1.59. The van der Waals surface area contributed by atoms with Gasteiger partial charge in [-0.1, -0.05) is 38.9 Å². The van der Waals surface area contributed by atoms with Crippen LogP contribution in [-0.2, 0) is 44.7 Å². The molecule has 16 nitrogen and oxygen atoms in total. The first kappa shape index (κ1) is 46.9. The van der Waals surface area contributed by atoms with E-state index in [0.29, 0.717) is 22.9 Å². The molecule has 18 heteroatoms. The van der Waals surface area contributed by atoms with Gasteiger partial charge in [-0.05, 0) is 79.1 Å². The molecule has 59 heavy (non-hydrogen) atoms. The van der Waals surface area contributed by atoms with Gasteiger partial charge in [0.2, 0.25) is 0 Å². The number of cyclic esters (lactones) is 1. The number of aliphatic hydroxyl groups excluding tert-OH is 2. The van der Waals surface area contributed by atoms with Crippen LogP contribution in [-0.4, -0.2) is 141 Å². The van der Waals surface area contributed by atoms with Crippen LogP contribution in [0, 0.1) is 17.8 Å². The fourth-order valence-corrected chi connectivity index (χ4v) is 9.43. The van der Waals surface area contributed by atoms with Crippen LogP contribution in [0.4, 0.5) is 10.2 Å². The van der Waals surface area contributed by atoms with Gasteiger partial charge in [0.25, 0.3) is 5.67 Å². The molecule has 14 atom stereocenters. The number of anilines is 1. The zero-order chi connectivity index (χ0) is 43.6. The van der Waals surface area contributed by atoms with E-state index in [2.05, 4.69) is 15.1 Å². The highest BCUT2D eigenvalue weighted by Gasteiger charge is 2.57. The third-order valence-electron chi connectivity index (χ3n) is 12.0. The maximum absolute atomic E-state index is 16.8. The molecule has 0 saturated carbocycles. The van der Waals surface area contributed by atoms with E-state index in [1.807, 2.05) is 25.9 Å². The first-order chi connectivity index (χ1) is 27.6. The van der Waals surface area contributed by atoms with Crippen molar-refractivity contribution in [1.29, 1.82) is 0 Å². The van der Waals surface area contributed by atoms with Crippen molar-refractivity contribution in [3.63, 3.8) is 0 Å². The maximum atomic E-state index is 16.8. The Bertz CT molecular complexity index is 1800. The molecule has 3 fully saturated rings. The van der Waals surface area contributed by atoms with Gasteiger partial charge in [-0.15, -0.1) is 11.3 Å². The summed E-state index contributed by atoms with van der Waals surface area (Å²) in [5.74, 6) is -5.15. The summed E-state index contributed by atoms with van der Waals surface area (Å²) in [7, 11) is 3.64. The minimum atomic E-state index is -3.20. The summed E-state index contributed by atoms with van der Waals surface area (Å²) in [5, 5.41) is 40.8. The van der Waals surface area contributed by atoms with E-state index in [1.165, 1.54) is 25.2 Å². The zero-order valence-electron chi connectivity index (χ0n) is 35.7. The summed E-state index contributed by atoms with van der Waals surface area (Å²) >= 11 is 1.34. The molecule has 0 radical (unpaired) electrons. The Morgan fingerprint density at radius 3 is 2.47 bits per heavy atom. The Hall–Kier alpha value is -3.20. The number of nitrogen functional groups attached to an aromatic ring is 1. The molecule has 5 heterocycles. The third kappa shape index (κ3) is 10.3. The SMILES string of the molecule is CC[C@H]1OC(=O)[C@@](C)(F)C(=O)[C@H](C)[C@@H](O[C@H]2O[C@H](C)C[C@H](N(C)C)[C@H]2O)[C@@]2(C)C[C@@H](C)[C@H](O)[C@H](C)C(OC/C(=N\OCc3cnc(-c4cccc(N)n4)s3)CO2)[C@]1(C)O. The fraction of sp³-hybridized carbons (Fsp3) is 0.732. The quantitative estimate of drug-likeness (QED) is 0.169. The van der Waals surface area contributed by atoms with Gasteiger partial charge < -0.3 is 54.5 Å². The van der Waals surface area contributed by atoms with Crippen LogP contribution in [0.2, 0.25) is 0 Å². The lowest BCUT2D eigenvalue weighted by atomic mass is 9.73. The van der Waals surface area contributed by atoms with Crippen molar-refractivity contribution in [2.75, 3.05) is 33.0 Å². The predicted molar refractivity (Wildman–Crippen MR) is 217 cm³/mol. The summed E-state index contributed by atoms with van der Waals surface area (Å²) < 4.78 is 48.3. The van der Waals surface area contributed by atoms with Gasteiger partial charge in [0.1, 0.15) is 40.0 Å². The highest BCUT2D eigenvalue weighted by molar-refractivity contribution is 7.14. The van der Waals surface area contributed by atoms with Crippen LogP contribution in [0.3, 0.4) is 0 Å². The van der Waals surface area contributed by atoms with Crippen LogP contribution in [0.1, 0.15) is 79.5 Å². The number of oxime groups is 1. The van der Waals surface area contributed by atoms with Crippen LogP contribution in [0.25, 0.3) is 10.7 Å². The van der Waals surface area contributed by atoms with Crippen LogP contribution < -0.4 is 5.73 Å². The second kappa shape index (κ2) is 18.8. The number of hydrogen-bond donors (Lipinski definition) is 4. The minimum Gasteiger partial charge on any atom is -0.457 e. The summed E-state index contributed by atoms with van der Waals surface area (Å²) in [6.07, 6.45) is -5.81. The maximum Gasteiger partial charge on any atom is 0.351 e. The Morgan fingerprint density at radius 2 is 1.81 bits per heavy atom. The molecule has 5 N–H and O–H groups in total. The number of halogens is 1. The zero-order valence-corrected chi connectivity index (χ0v) is 36.5. The van der Waals surface area contributed by atoms with E-state index in [9.17, 15) is 24.9 Å². The van der Waals surface area contributed by atoms with Crippen LogP contribution >= 0.6 is 11.3 Å². The topological polar surface area (TPSA) is 218 Å². The molecule has 0 spiro atoms. The fourth-order valence-electron chi connectivity index (χ4n) is 8.64. The van der Waals surface area contributed by atoms with Crippen LogP contribution in [0.5, 0.6) is 0 Å². The molecular formula is C41H62FN5O11S. The van der Waals surface area contributed by atoms with Crippen molar-refractivity contribution in [3.05, 3.63) is 29.3 Å². The van der Waals surface area contributed by atoms with Crippen molar-refractivity contribution in [2.45, 2.75) is 147 Å². The normalized spacial score (nSPS) is 39.9. The molecule has 0 aliphatic carbocycles. The van der Waals surface area contributed by atoms with E-state index < -0.39 is 89.2 Å². The first-order valence-electron chi connectivity index (χ1n) is 20.2. The number of alkyl halides is 1. The van der Waals surface area contributed by atoms with Gasteiger partial charge in [0.05, 0.1) is 48.1 Å². The monoisotopic (exact) mass is 851 g/mol. The highest BCUT2D eigenvalue weighted by atomic mass is 32.1. The van der Waals surface area contributed by atoms with Gasteiger partial charge in [-0.3, -0.25) is 4.79 Å². The number of fused-ring (bicyclic) bond motifs is 5. The Kier molecular flexibility index (Phi) is 14.9. The van der Waals surface area contributed by atoms with E-state index in [1.54, 1.807) is 52.1 Å². The molecule has 3 aliphatic heterocycles. The predicted octanol–water partition coefficient (Wildman–Crippen LogP) is 3.69. The number of aromatic nitrogens is 2. The largest absolute Gasteiger partial charge is 0.457 e. The van der Waals surface area contributed by atoms with E-state index >= 15 is 4.39 Å². The van der Waals surface area contributed by atoms with E-state index in [4.69, 9.17) is 34.3 Å². The molecule has 3 saturated heterocycles. The Morgan fingerprint density at radius 1 is 1.10 bits per heavy atom. The number of hydrogen-bond acceptors (Lipinski definition) is 17. The number of likely N-dealkylation sites (N-methyl/N-ethyl adjacent to an activating group) is 1. The van der Waals surface area contributed by atoms with Gasteiger partial charge in [-0.25, -0.2) is 19.2 Å². The van der Waals surface area contributed by atoms with Gasteiger partial charge in [0, 0.05) is 24.1 Å². The van der Waals surface area contributed by atoms with Gasteiger partial charge in [0.15, 0.2) is 18.7 Å². The number of carbonyl (C=O) groups is 2. The molecule has 2 aromatic heterocycles. The number of carbonyl (C=O) groups excluding carboxylic acids is 2. The molecule has 3 aliphatic rings. The number of rotatable bonds is 8. The molecular weight excluding hydrogens is 790 g/mol. The molecule has 2 bridgehead atoms.